The van der Waals surface area contributed by atoms with Crippen LogP contribution in [0.2, 0.25) is 0 Å². The lowest BCUT2D eigenvalue weighted by Gasteiger charge is -2.19. The predicted octanol–water partition coefficient (Wildman–Crippen LogP) is 2.66. The smallest absolute Gasteiger partial charge is 0.369 e. The van der Waals surface area contributed by atoms with Crippen LogP contribution in [0, 0.1) is 0 Å². The van der Waals surface area contributed by atoms with Gasteiger partial charge in [0.2, 0.25) is 0 Å². The zero-order valence-corrected chi connectivity index (χ0v) is 19.3. The number of ether oxygens (including phenoxy) is 2. The highest BCUT2D eigenvalue weighted by Crippen LogP contribution is 2.44. The molecule has 11 nitrogen and oxygen atoms in total. The van der Waals surface area contributed by atoms with Gasteiger partial charge in [0.25, 0.3) is 0 Å². The zero-order valence-electron chi connectivity index (χ0n) is 18.4. The second-order valence-corrected chi connectivity index (χ2v) is 8.83. The summed E-state index contributed by atoms with van der Waals surface area (Å²) < 4.78 is 33.4. The fraction of sp³-hybridized carbons (Fsp3) is 0.429. The molecule has 0 radical (unpaired) electrons. The lowest BCUT2D eigenvalue weighted by molar-refractivity contribution is -0.284. The Morgan fingerprint density at radius 1 is 0.697 bits per heavy atom. The minimum atomic E-state index is -3.70. The van der Waals surface area contributed by atoms with Crippen LogP contribution in [0.5, 0.6) is 0 Å². The maximum atomic E-state index is 12.4. The Kier molecular flexibility index (Phi) is 13.3. The largest absolute Gasteiger partial charge is 0.381 e. The normalized spacial score (nSPS) is 15.1. The van der Waals surface area contributed by atoms with Crippen molar-refractivity contribution in [3.05, 3.63) is 71.8 Å². The fourth-order valence-electron chi connectivity index (χ4n) is 2.50. The number of nitrogens with two attached hydrogens (primary N) is 2. The van der Waals surface area contributed by atoms with E-state index in [1.165, 1.54) is 6.66 Å². The first-order chi connectivity index (χ1) is 16.0. The second-order valence-electron chi connectivity index (χ2n) is 6.99. The molecule has 0 heterocycles. The molecule has 2 atom stereocenters. The fourth-order valence-corrected chi connectivity index (χ4v) is 3.03. The molecule has 0 bridgehead atoms. The lowest BCUT2D eigenvalue weighted by atomic mass is 10.2. The lowest BCUT2D eigenvalue weighted by Crippen LogP contribution is -2.27. The summed E-state index contributed by atoms with van der Waals surface area (Å²) in [6.07, 6.45) is -1.12. The van der Waals surface area contributed by atoms with E-state index in [1.807, 2.05) is 60.7 Å². The van der Waals surface area contributed by atoms with Crippen LogP contribution in [-0.4, -0.2) is 45.3 Å². The molecule has 2 aromatic carbocycles. The molecule has 2 aromatic rings. The monoisotopic (exact) mass is 486 g/mol. The number of hydrogen-bond donors (Lipinski definition) is 2. The van der Waals surface area contributed by atoms with E-state index in [9.17, 15) is 4.57 Å². The van der Waals surface area contributed by atoms with E-state index in [2.05, 4.69) is 9.68 Å². The summed E-state index contributed by atoms with van der Waals surface area (Å²) >= 11 is 0. The first kappa shape index (κ1) is 27.5. The molecule has 0 fully saturated rings. The molecule has 2 unspecified atom stereocenters. The molecule has 184 valence electrons. The molecule has 0 aliphatic carbocycles. The molecular weight excluding hydrogens is 455 g/mol. The zero-order chi connectivity index (χ0) is 23.8. The molecule has 0 aromatic heterocycles. The van der Waals surface area contributed by atoms with E-state index in [4.69, 9.17) is 40.4 Å². The highest BCUT2D eigenvalue weighted by molar-refractivity contribution is 7.52. The molecule has 0 saturated heterocycles. The number of hydrogen-bond acceptors (Lipinski definition) is 11. The van der Waals surface area contributed by atoms with Gasteiger partial charge in [0, 0.05) is 6.66 Å². The van der Waals surface area contributed by atoms with Crippen molar-refractivity contribution in [1.82, 2.24) is 0 Å². The second kappa shape index (κ2) is 16.0. The third kappa shape index (κ3) is 12.3. The minimum Gasteiger partial charge on any atom is -0.369 e. The average molecular weight is 486 g/mol. The molecular formula is C21H31N2O9P. The highest BCUT2D eigenvalue weighted by Gasteiger charge is 2.23. The third-order valence-electron chi connectivity index (χ3n) is 4.11. The van der Waals surface area contributed by atoms with Gasteiger partial charge in [0.05, 0.1) is 26.4 Å². The Morgan fingerprint density at radius 3 is 1.45 bits per heavy atom. The predicted molar refractivity (Wildman–Crippen MR) is 118 cm³/mol. The van der Waals surface area contributed by atoms with Crippen LogP contribution >= 0.6 is 7.60 Å². The van der Waals surface area contributed by atoms with Crippen LogP contribution in [0.15, 0.2) is 60.7 Å². The van der Waals surface area contributed by atoms with Gasteiger partial charge >= 0.3 is 7.60 Å². The molecule has 12 heteroatoms. The van der Waals surface area contributed by atoms with Crippen molar-refractivity contribution in [1.29, 1.82) is 0 Å². The maximum absolute atomic E-state index is 12.4. The SMILES string of the molecule is CP(=O)(OOCC(CON)OCc1ccccc1)OOCC(CON)OCc1ccccc1. The van der Waals surface area contributed by atoms with Gasteiger partial charge in [-0.25, -0.2) is 21.6 Å². The Morgan fingerprint density at radius 2 is 1.09 bits per heavy atom. The molecule has 0 aliphatic rings. The van der Waals surface area contributed by atoms with Crippen molar-refractivity contribution < 1.29 is 42.8 Å². The molecule has 0 spiro atoms. The van der Waals surface area contributed by atoms with Crippen LogP contribution < -0.4 is 11.8 Å². The van der Waals surface area contributed by atoms with Crippen LogP contribution in [0.3, 0.4) is 0 Å². The standard InChI is InChI=1S/C21H31N2O9P/c1-33(24,31-29-16-20(14-27-22)25-12-18-8-4-2-5-9-18)32-30-17-21(15-28-23)26-13-19-10-6-3-7-11-19/h2-11,20-21H,12-17,22-23H2,1H3. The topological polar surface area (TPSA) is 143 Å². The quantitative estimate of drug-likeness (QED) is 0.182. The number of benzene rings is 2. The first-order valence-corrected chi connectivity index (χ1v) is 12.2. The van der Waals surface area contributed by atoms with Gasteiger partial charge in [-0.3, -0.25) is 4.57 Å². The van der Waals surface area contributed by atoms with Gasteiger partial charge in [-0.15, -0.1) is 9.35 Å². The van der Waals surface area contributed by atoms with E-state index in [0.29, 0.717) is 13.2 Å². The van der Waals surface area contributed by atoms with E-state index >= 15 is 0 Å². The molecule has 0 saturated carbocycles. The van der Waals surface area contributed by atoms with E-state index < -0.39 is 19.8 Å². The third-order valence-corrected chi connectivity index (χ3v) is 4.86. The summed E-state index contributed by atoms with van der Waals surface area (Å²) in [4.78, 5) is 19.3. The van der Waals surface area contributed by atoms with E-state index in [1.54, 1.807) is 0 Å². The summed E-state index contributed by atoms with van der Waals surface area (Å²) in [6.45, 7) is 1.70. The van der Waals surface area contributed by atoms with E-state index in [-0.39, 0.29) is 26.4 Å². The summed E-state index contributed by atoms with van der Waals surface area (Å²) in [7, 11) is -3.70. The summed E-state index contributed by atoms with van der Waals surface area (Å²) in [5.41, 5.74) is 1.92. The number of rotatable bonds is 18. The van der Waals surface area contributed by atoms with Crippen molar-refractivity contribution in [3.8, 4) is 0 Å². The van der Waals surface area contributed by atoms with Crippen LogP contribution in [0.25, 0.3) is 0 Å². The van der Waals surface area contributed by atoms with Gasteiger partial charge in [-0.05, 0) is 11.1 Å². The van der Waals surface area contributed by atoms with Crippen LogP contribution in [0.1, 0.15) is 11.1 Å². The van der Waals surface area contributed by atoms with E-state index in [0.717, 1.165) is 11.1 Å². The summed E-state index contributed by atoms with van der Waals surface area (Å²) in [5, 5.41) is 0. The van der Waals surface area contributed by atoms with Crippen molar-refractivity contribution in [2.24, 2.45) is 11.8 Å². The minimum absolute atomic E-state index is 0.0427. The average Bonchev–Trinajstić information content (AvgIpc) is 2.82. The van der Waals surface area contributed by atoms with Crippen molar-refractivity contribution in [2.75, 3.05) is 33.1 Å². The van der Waals surface area contributed by atoms with Crippen molar-refractivity contribution in [2.45, 2.75) is 25.4 Å². The summed E-state index contributed by atoms with van der Waals surface area (Å²) in [6, 6.07) is 19.0. The highest BCUT2D eigenvalue weighted by atomic mass is 31.2. The Labute approximate surface area is 193 Å². The van der Waals surface area contributed by atoms with Gasteiger partial charge in [0.15, 0.2) is 0 Å². The molecule has 2 rings (SSSR count). The Bertz CT molecular complexity index is 737. The van der Waals surface area contributed by atoms with Crippen LogP contribution in [-0.2, 0) is 56.1 Å². The molecule has 0 amide bonds. The van der Waals surface area contributed by atoms with Crippen molar-refractivity contribution in [3.63, 3.8) is 0 Å². The van der Waals surface area contributed by atoms with Gasteiger partial charge in [-0.1, -0.05) is 60.7 Å². The summed E-state index contributed by atoms with van der Waals surface area (Å²) in [5.74, 6) is 10.3. The molecule has 4 N–H and O–H groups in total. The molecule has 33 heavy (non-hydrogen) atoms. The van der Waals surface area contributed by atoms with Gasteiger partial charge in [-0.2, -0.15) is 0 Å². The Hall–Kier alpha value is -1.73. The maximum Gasteiger partial charge on any atom is 0.381 e. The Balaban J connectivity index is 1.68. The van der Waals surface area contributed by atoms with Gasteiger partial charge in [0.1, 0.15) is 25.4 Å². The van der Waals surface area contributed by atoms with Crippen molar-refractivity contribution >= 4 is 7.60 Å². The molecule has 0 aliphatic heterocycles. The van der Waals surface area contributed by atoms with Gasteiger partial charge < -0.3 is 19.1 Å². The van der Waals surface area contributed by atoms with Crippen LogP contribution in [0.4, 0.5) is 0 Å². The first-order valence-electron chi connectivity index (χ1n) is 10.2.